The Kier molecular flexibility index (Phi) is 4.13. The normalized spacial score (nSPS) is 19.0. The first kappa shape index (κ1) is 17.6. The van der Waals surface area contributed by atoms with E-state index in [0.29, 0.717) is 17.1 Å². The van der Waals surface area contributed by atoms with Crippen LogP contribution in [0.1, 0.15) is 37.8 Å². The summed E-state index contributed by atoms with van der Waals surface area (Å²) in [4.78, 5) is 6.16. The largest absolute Gasteiger partial charge is 0.371 e. The van der Waals surface area contributed by atoms with Gasteiger partial charge in [0.1, 0.15) is 10.6 Å². The van der Waals surface area contributed by atoms with Gasteiger partial charge < -0.3 is 4.90 Å². The molecule has 0 radical (unpaired) electrons. The van der Waals surface area contributed by atoms with Crippen LogP contribution in [0.4, 0.5) is 16.5 Å². The van der Waals surface area contributed by atoms with Gasteiger partial charge in [0.2, 0.25) is 5.13 Å². The maximum absolute atomic E-state index is 12.2. The van der Waals surface area contributed by atoms with Crippen LogP contribution in [0.2, 0.25) is 0 Å². The van der Waals surface area contributed by atoms with Crippen molar-refractivity contribution in [1.82, 2.24) is 4.98 Å². The maximum Gasteiger partial charge on any atom is 0.297 e. The third-order valence-corrected chi connectivity index (χ3v) is 6.78. The Bertz CT molecular complexity index is 982. The van der Waals surface area contributed by atoms with Crippen LogP contribution < -0.4 is 4.90 Å². The Labute approximate surface area is 156 Å². The summed E-state index contributed by atoms with van der Waals surface area (Å²) in [5, 5.41) is 10.4. The molecule has 1 aromatic heterocycles. The van der Waals surface area contributed by atoms with E-state index in [1.165, 1.54) is 11.3 Å². The van der Waals surface area contributed by atoms with Crippen LogP contribution in [0.25, 0.3) is 0 Å². The van der Waals surface area contributed by atoms with Gasteiger partial charge in [-0.3, -0.25) is 4.55 Å². The molecule has 4 rings (SSSR count). The van der Waals surface area contributed by atoms with Gasteiger partial charge in [-0.2, -0.15) is 8.42 Å². The van der Waals surface area contributed by atoms with Crippen molar-refractivity contribution >= 4 is 38.0 Å². The second-order valence-electron chi connectivity index (χ2n) is 7.31. The van der Waals surface area contributed by atoms with Gasteiger partial charge in [0.25, 0.3) is 10.1 Å². The summed E-state index contributed by atoms with van der Waals surface area (Å²) >= 11 is 1.31. The molecule has 26 heavy (non-hydrogen) atoms. The van der Waals surface area contributed by atoms with Crippen molar-refractivity contribution in [3.63, 3.8) is 0 Å². The Hall–Kier alpha value is -1.84. The molecule has 0 saturated heterocycles. The van der Waals surface area contributed by atoms with Gasteiger partial charge in [-0.15, -0.1) is 21.6 Å². The first-order valence-corrected chi connectivity index (χ1v) is 10.8. The highest BCUT2D eigenvalue weighted by atomic mass is 32.2. The summed E-state index contributed by atoms with van der Waals surface area (Å²) in [7, 11) is -4.42. The zero-order valence-corrected chi connectivity index (χ0v) is 16.3. The second kappa shape index (κ2) is 6.11. The molecule has 2 aromatic rings. The van der Waals surface area contributed by atoms with Gasteiger partial charge >= 0.3 is 0 Å². The number of azo groups is 1. The lowest BCUT2D eigenvalue weighted by atomic mass is 9.75. The van der Waals surface area contributed by atoms with Gasteiger partial charge in [-0.1, -0.05) is 13.8 Å². The summed E-state index contributed by atoms with van der Waals surface area (Å²) in [6, 6.07) is 1.77. The number of aromatic nitrogens is 1. The smallest absolute Gasteiger partial charge is 0.297 e. The van der Waals surface area contributed by atoms with E-state index < -0.39 is 10.1 Å². The molecule has 1 aromatic carbocycles. The highest BCUT2D eigenvalue weighted by Gasteiger charge is 2.38. The van der Waals surface area contributed by atoms with Crippen molar-refractivity contribution in [3.8, 4) is 0 Å². The quantitative estimate of drug-likeness (QED) is 0.623. The first-order valence-electron chi connectivity index (χ1n) is 8.51. The van der Waals surface area contributed by atoms with E-state index in [-0.39, 0.29) is 16.0 Å². The third kappa shape index (κ3) is 2.93. The maximum atomic E-state index is 12.2. The average Bonchev–Trinajstić information content (AvgIpc) is 3.08. The predicted octanol–water partition coefficient (Wildman–Crippen LogP) is 4.24. The van der Waals surface area contributed by atoms with Gasteiger partial charge in [0.05, 0.1) is 0 Å². The van der Waals surface area contributed by atoms with Crippen LogP contribution in [-0.2, 0) is 22.0 Å². The Balaban J connectivity index is 1.99. The van der Waals surface area contributed by atoms with E-state index >= 15 is 0 Å². The van der Waals surface area contributed by atoms with E-state index in [9.17, 15) is 13.0 Å². The number of hydrogen-bond acceptors (Lipinski definition) is 7. The molecular formula is C17H20N4O3S2. The number of nitrogens with zero attached hydrogens (tertiary/aromatic N) is 4. The molecule has 0 aliphatic carbocycles. The fraction of sp³-hybridized carbons (Fsp3) is 0.471. The molecule has 0 unspecified atom stereocenters. The number of thiazole rings is 1. The van der Waals surface area contributed by atoms with Crippen molar-refractivity contribution in [2.75, 3.05) is 18.0 Å². The van der Waals surface area contributed by atoms with E-state index in [1.54, 1.807) is 17.6 Å². The molecule has 2 aliphatic heterocycles. The molecule has 0 bridgehead atoms. The molecule has 2 aliphatic rings. The minimum atomic E-state index is -4.42. The summed E-state index contributed by atoms with van der Waals surface area (Å²) in [5.74, 6) is 0. The highest BCUT2D eigenvalue weighted by Crippen LogP contribution is 2.49. The molecule has 0 atom stereocenters. The van der Waals surface area contributed by atoms with E-state index in [0.717, 1.165) is 37.2 Å². The highest BCUT2D eigenvalue weighted by molar-refractivity contribution is 7.86. The molecule has 0 fully saturated rings. The first-order chi connectivity index (χ1) is 12.3. The van der Waals surface area contributed by atoms with E-state index in [2.05, 4.69) is 34.0 Å². The van der Waals surface area contributed by atoms with Crippen LogP contribution in [-0.4, -0.2) is 31.0 Å². The fourth-order valence-corrected chi connectivity index (χ4v) is 5.19. The molecular weight excluding hydrogens is 372 g/mol. The Morgan fingerprint density at radius 3 is 2.81 bits per heavy atom. The molecule has 1 N–H and O–H groups in total. The molecule has 0 amide bonds. The molecule has 0 spiro atoms. The number of benzene rings is 1. The van der Waals surface area contributed by atoms with Crippen LogP contribution in [0.5, 0.6) is 0 Å². The minimum absolute atomic E-state index is 0.0961. The summed E-state index contributed by atoms with van der Waals surface area (Å²) in [6.07, 6.45) is 4.04. The lowest BCUT2D eigenvalue weighted by molar-refractivity contribution is 0.442. The topological polar surface area (TPSA) is 95.2 Å². The van der Waals surface area contributed by atoms with Crippen molar-refractivity contribution in [2.45, 2.75) is 43.4 Å². The summed E-state index contributed by atoms with van der Waals surface area (Å²) in [6.45, 7) is 6.10. The number of anilines is 1. The molecule has 3 heterocycles. The third-order valence-electron chi connectivity index (χ3n) is 5.16. The monoisotopic (exact) mass is 392 g/mol. The van der Waals surface area contributed by atoms with Crippen molar-refractivity contribution < 1.29 is 13.0 Å². The van der Waals surface area contributed by atoms with Crippen LogP contribution in [0.15, 0.2) is 32.8 Å². The molecule has 138 valence electrons. The standard InChI is InChI=1S/C17H20N4O3S2/c1-17(2)5-8-21-7-3-4-11-14(21)12(17)10-13(15(11)26(22,23)24)19-20-16-18-6-9-25-16/h6,9-10H,3-5,7-8H2,1-2H3,(H,22,23,24). The SMILES string of the molecule is CC1(C)CCN2CCCc3c2c1cc(N=Nc1nccs1)c3S(=O)(=O)O. The fourth-order valence-electron chi connectivity index (χ4n) is 3.86. The predicted molar refractivity (Wildman–Crippen MR) is 101 cm³/mol. The summed E-state index contributed by atoms with van der Waals surface area (Å²) in [5.41, 5.74) is 2.78. The minimum Gasteiger partial charge on any atom is -0.371 e. The van der Waals surface area contributed by atoms with Crippen molar-refractivity contribution in [1.29, 1.82) is 0 Å². The van der Waals surface area contributed by atoms with Crippen LogP contribution in [0.3, 0.4) is 0 Å². The van der Waals surface area contributed by atoms with E-state index in [1.807, 2.05) is 0 Å². The van der Waals surface area contributed by atoms with Gasteiger partial charge in [0.15, 0.2) is 0 Å². The van der Waals surface area contributed by atoms with Gasteiger partial charge in [0, 0.05) is 30.4 Å². The van der Waals surface area contributed by atoms with Gasteiger partial charge in [-0.05, 0) is 41.9 Å². The van der Waals surface area contributed by atoms with Crippen LogP contribution in [0, 0.1) is 0 Å². The average molecular weight is 393 g/mol. The molecule has 7 nitrogen and oxygen atoms in total. The van der Waals surface area contributed by atoms with Crippen LogP contribution >= 0.6 is 11.3 Å². The van der Waals surface area contributed by atoms with Gasteiger partial charge in [-0.25, -0.2) is 4.98 Å². The number of hydrogen-bond donors (Lipinski definition) is 1. The lowest BCUT2D eigenvalue weighted by Crippen LogP contribution is -2.41. The Morgan fingerprint density at radius 1 is 1.31 bits per heavy atom. The number of rotatable bonds is 3. The molecule has 0 saturated carbocycles. The van der Waals surface area contributed by atoms with E-state index in [4.69, 9.17) is 0 Å². The van der Waals surface area contributed by atoms with Crippen molar-refractivity contribution in [3.05, 3.63) is 28.8 Å². The molecule has 9 heteroatoms. The summed E-state index contributed by atoms with van der Waals surface area (Å²) < 4.78 is 34.3. The Morgan fingerprint density at radius 2 is 2.12 bits per heavy atom. The zero-order chi connectivity index (χ0) is 18.5. The second-order valence-corrected chi connectivity index (χ2v) is 9.55. The lowest BCUT2D eigenvalue weighted by Gasteiger charge is -2.44. The zero-order valence-electron chi connectivity index (χ0n) is 14.6. The van der Waals surface area contributed by atoms with Crippen molar-refractivity contribution in [2.24, 2.45) is 10.2 Å².